The Balaban J connectivity index is 2.97. The van der Waals surface area contributed by atoms with E-state index in [0.717, 1.165) is 12.8 Å². The topological polar surface area (TPSA) is 39.4 Å². The fourth-order valence-electron chi connectivity index (χ4n) is 1.46. The van der Waals surface area contributed by atoms with Crippen LogP contribution in [0.5, 0.6) is 5.75 Å². The van der Waals surface area contributed by atoms with Crippen LogP contribution in [0.25, 0.3) is 0 Å². The van der Waals surface area contributed by atoms with Gasteiger partial charge in [0.1, 0.15) is 11.5 Å². The lowest BCUT2D eigenvalue weighted by Crippen LogP contribution is -2.03. The van der Waals surface area contributed by atoms with E-state index in [1.165, 1.54) is 12.3 Å². The summed E-state index contributed by atoms with van der Waals surface area (Å²) in [5.41, 5.74) is -0.382. The molecule has 0 bridgehead atoms. The maximum Gasteiger partial charge on any atom is 0.339 e. The lowest BCUT2D eigenvalue weighted by atomic mass is 10.0. The molecule has 1 aromatic rings. The molecule has 0 N–H and O–H groups in total. The second kappa shape index (κ2) is 5.39. The molecule has 1 aromatic heterocycles. The van der Waals surface area contributed by atoms with Gasteiger partial charge in [0.2, 0.25) is 0 Å². The van der Waals surface area contributed by atoms with Crippen LogP contribution in [0.1, 0.15) is 38.4 Å². The van der Waals surface area contributed by atoms with Crippen molar-refractivity contribution in [2.24, 2.45) is 0 Å². The van der Waals surface area contributed by atoms with Crippen LogP contribution in [0, 0.1) is 0 Å². The first-order valence-corrected chi connectivity index (χ1v) is 5.10. The molecule has 82 valence electrons. The molecule has 0 fully saturated rings. The van der Waals surface area contributed by atoms with E-state index in [1.54, 1.807) is 6.07 Å². The minimum Gasteiger partial charge on any atom is -0.465 e. The van der Waals surface area contributed by atoms with Gasteiger partial charge in [0.25, 0.3) is 0 Å². The molecule has 1 atom stereocenters. The minimum absolute atomic E-state index is 0.232. The van der Waals surface area contributed by atoms with Gasteiger partial charge in [-0.15, -0.1) is 0 Å². The Kier molecular flexibility index (Phi) is 4.16. The van der Waals surface area contributed by atoms with Crippen LogP contribution in [0.4, 0.5) is 0 Å². The van der Waals surface area contributed by atoms with Crippen molar-refractivity contribution in [3.63, 3.8) is 0 Å². The molecule has 1 rings (SSSR count). The lowest BCUT2D eigenvalue weighted by molar-refractivity contribution is 0.402. The van der Waals surface area contributed by atoms with Crippen molar-refractivity contribution in [2.45, 2.75) is 32.6 Å². The standard InChI is InChI=1S/C12H16O3/c1-4-6-9(3)11-7-10(14-5-2)8-12(13)15-11/h5,7-9H,2,4,6H2,1,3H3/t9-/m1/s1. The summed E-state index contributed by atoms with van der Waals surface area (Å²) in [6, 6.07) is 3.05. The number of rotatable bonds is 5. The van der Waals surface area contributed by atoms with Gasteiger partial charge in [-0.2, -0.15) is 0 Å². The summed E-state index contributed by atoms with van der Waals surface area (Å²) in [6.07, 6.45) is 3.33. The Hall–Kier alpha value is -1.51. The maximum absolute atomic E-state index is 11.2. The molecule has 0 aromatic carbocycles. The van der Waals surface area contributed by atoms with Crippen molar-refractivity contribution < 1.29 is 9.15 Å². The van der Waals surface area contributed by atoms with Crippen LogP contribution in [0.2, 0.25) is 0 Å². The third kappa shape index (κ3) is 3.27. The van der Waals surface area contributed by atoms with Gasteiger partial charge in [0, 0.05) is 12.0 Å². The monoisotopic (exact) mass is 208 g/mol. The first-order chi connectivity index (χ1) is 7.17. The molecule has 0 saturated heterocycles. The van der Waals surface area contributed by atoms with Gasteiger partial charge >= 0.3 is 5.63 Å². The van der Waals surface area contributed by atoms with Crippen LogP contribution in [0.3, 0.4) is 0 Å². The molecule has 0 saturated carbocycles. The Morgan fingerprint density at radius 2 is 2.33 bits per heavy atom. The Morgan fingerprint density at radius 3 is 2.93 bits per heavy atom. The summed E-state index contributed by atoms with van der Waals surface area (Å²) in [4.78, 5) is 11.2. The van der Waals surface area contributed by atoms with Crippen molar-refractivity contribution in [3.8, 4) is 5.75 Å². The van der Waals surface area contributed by atoms with Crippen LogP contribution < -0.4 is 10.4 Å². The van der Waals surface area contributed by atoms with Gasteiger partial charge in [-0.25, -0.2) is 4.79 Å². The molecule has 0 radical (unpaired) electrons. The quantitative estimate of drug-likeness (QED) is 0.698. The molecule has 3 heteroatoms. The Bertz CT molecular complexity index is 379. The van der Waals surface area contributed by atoms with E-state index in [2.05, 4.69) is 13.5 Å². The van der Waals surface area contributed by atoms with Crippen molar-refractivity contribution in [2.75, 3.05) is 0 Å². The van der Waals surface area contributed by atoms with Crippen LogP contribution in [-0.4, -0.2) is 0 Å². The predicted molar refractivity (Wildman–Crippen MR) is 59.1 cm³/mol. The molecule has 1 heterocycles. The molecule has 0 unspecified atom stereocenters. The van der Waals surface area contributed by atoms with Gasteiger partial charge in [0.15, 0.2) is 0 Å². The summed E-state index contributed by atoms with van der Waals surface area (Å²) >= 11 is 0. The summed E-state index contributed by atoms with van der Waals surface area (Å²) in [7, 11) is 0. The van der Waals surface area contributed by atoms with Gasteiger partial charge in [-0.3, -0.25) is 0 Å². The number of hydrogen-bond acceptors (Lipinski definition) is 3. The van der Waals surface area contributed by atoms with Gasteiger partial charge < -0.3 is 9.15 Å². The first kappa shape index (κ1) is 11.6. The van der Waals surface area contributed by atoms with E-state index in [-0.39, 0.29) is 11.5 Å². The molecule has 0 aliphatic rings. The van der Waals surface area contributed by atoms with E-state index < -0.39 is 0 Å². The van der Waals surface area contributed by atoms with E-state index in [4.69, 9.17) is 9.15 Å². The summed E-state index contributed by atoms with van der Waals surface area (Å²) < 4.78 is 10.2. The summed E-state index contributed by atoms with van der Waals surface area (Å²) in [6.45, 7) is 7.56. The highest BCUT2D eigenvalue weighted by Gasteiger charge is 2.09. The van der Waals surface area contributed by atoms with E-state index in [9.17, 15) is 4.79 Å². The zero-order chi connectivity index (χ0) is 11.3. The molecule has 15 heavy (non-hydrogen) atoms. The fourth-order valence-corrected chi connectivity index (χ4v) is 1.46. The van der Waals surface area contributed by atoms with Gasteiger partial charge in [-0.05, 0) is 6.42 Å². The van der Waals surface area contributed by atoms with Crippen molar-refractivity contribution in [1.29, 1.82) is 0 Å². The zero-order valence-corrected chi connectivity index (χ0v) is 9.16. The molecule has 0 amide bonds. The third-order valence-electron chi connectivity index (χ3n) is 2.19. The van der Waals surface area contributed by atoms with Crippen molar-refractivity contribution in [1.82, 2.24) is 0 Å². The largest absolute Gasteiger partial charge is 0.465 e. The third-order valence-corrected chi connectivity index (χ3v) is 2.19. The second-order valence-corrected chi connectivity index (χ2v) is 3.49. The van der Waals surface area contributed by atoms with E-state index in [1.807, 2.05) is 6.92 Å². The maximum atomic E-state index is 11.2. The Labute approximate surface area is 89.4 Å². The van der Waals surface area contributed by atoms with Gasteiger partial charge in [0.05, 0.1) is 12.3 Å². The Morgan fingerprint density at radius 1 is 1.60 bits per heavy atom. The van der Waals surface area contributed by atoms with Crippen LogP contribution >= 0.6 is 0 Å². The number of hydrogen-bond donors (Lipinski definition) is 0. The molecule has 3 nitrogen and oxygen atoms in total. The van der Waals surface area contributed by atoms with Crippen molar-refractivity contribution >= 4 is 0 Å². The fraction of sp³-hybridized carbons (Fsp3) is 0.417. The highest BCUT2D eigenvalue weighted by atomic mass is 16.5. The minimum atomic E-state index is -0.382. The normalized spacial score (nSPS) is 12.1. The predicted octanol–water partition coefficient (Wildman–Crippen LogP) is 3.07. The van der Waals surface area contributed by atoms with Crippen LogP contribution in [0.15, 0.2) is 34.2 Å². The first-order valence-electron chi connectivity index (χ1n) is 5.10. The average molecular weight is 208 g/mol. The summed E-state index contributed by atoms with van der Waals surface area (Å²) in [5, 5.41) is 0. The highest BCUT2D eigenvalue weighted by Crippen LogP contribution is 2.22. The SMILES string of the molecule is C=COc1cc([C@H](C)CCC)oc(=O)c1. The molecule has 0 spiro atoms. The number of ether oxygens (including phenoxy) is 1. The van der Waals surface area contributed by atoms with E-state index >= 15 is 0 Å². The zero-order valence-electron chi connectivity index (χ0n) is 9.16. The lowest BCUT2D eigenvalue weighted by Gasteiger charge is -2.09. The van der Waals surface area contributed by atoms with Gasteiger partial charge in [-0.1, -0.05) is 26.8 Å². The molecule has 0 aliphatic heterocycles. The molecular formula is C12H16O3. The summed E-state index contributed by atoms with van der Waals surface area (Å²) in [5.74, 6) is 1.39. The molecule has 0 aliphatic carbocycles. The molecular weight excluding hydrogens is 192 g/mol. The second-order valence-electron chi connectivity index (χ2n) is 3.49. The smallest absolute Gasteiger partial charge is 0.339 e. The van der Waals surface area contributed by atoms with Crippen LogP contribution in [-0.2, 0) is 0 Å². The van der Waals surface area contributed by atoms with Crippen molar-refractivity contribution in [3.05, 3.63) is 41.2 Å². The average Bonchev–Trinajstić information content (AvgIpc) is 2.17. The highest BCUT2D eigenvalue weighted by molar-refractivity contribution is 5.22. The van der Waals surface area contributed by atoms with E-state index in [0.29, 0.717) is 11.5 Å².